The SMILES string of the molecule is CC(O)(c1cccc(F)c1F)C1CCCN1. The Kier molecular flexibility index (Phi) is 2.95. The smallest absolute Gasteiger partial charge is 0.164 e. The highest BCUT2D eigenvalue weighted by atomic mass is 19.2. The number of halogens is 2. The largest absolute Gasteiger partial charge is 0.384 e. The summed E-state index contributed by atoms with van der Waals surface area (Å²) in [4.78, 5) is 0. The molecule has 0 bridgehead atoms. The van der Waals surface area contributed by atoms with Crippen molar-refractivity contribution < 1.29 is 13.9 Å². The van der Waals surface area contributed by atoms with Gasteiger partial charge in [0.15, 0.2) is 11.6 Å². The molecule has 1 fully saturated rings. The Labute approximate surface area is 93.3 Å². The lowest BCUT2D eigenvalue weighted by atomic mass is 9.87. The molecule has 0 aliphatic carbocycles. The Bertz CT molecular complexity index is 387. The standard InChI is InChI=1S/C12H15F2NO/c1-12(16,10-6-3-7-15-10)8-4-2-5-9(13)11(8)14/h2,4-5,10,15-16H,3,6-7H2,1H3. The molecule has 1 aliphatic rings. The first-order valence-corrected chi connectivity index (χ1v) is 5.43. The Morgan fingerprint density at radius 3 is 2.81 bits per heavy atom. The summed E-state index contributed by atoms with van der Waals surface area (Å²) in [6.07, 6.45) is 1.71. The van der Waals surface area contributed by atoms with Crippen molar-refractivity contribution in [3.8, 4) is 0 Å². The molecular weight excluding hydrogens is 212 g/mol. The third kappa shape index (κ3) is 1.83. The van der Waals surface area contributed by atoms with Crippen LogP contribution in [0, 0.1) is 11.6 Å². The molecule has 2 unspecified atom stereocenters. The van der Waals surface area contributed by atoms with Crippen LogP contribution in [0.5, 0.6) is 0 Å². The quantitative estimate of drug-likeness (QED) is 0.809. The fourth-order valence-corrected chi connectivity index (χ4v) is 2.25. The molecule has 16 heavy (non-hydrogen) atoms. The van der Waals surface area contributed by atoms with Crippen molar-refractivity contribution in [2.24, 2.45) is 0 Å². The maximum atomic E-state index is 13.6. The van der Waals surface area contributed by atoms with Gasteiger partial charge >= 0.3 is 0 Å². The molecule has 1 saturated heterocycles. The summed E-state index contributed by atoms with van der Waals surface area (Å²) in [5.41, 5.74) is -1.35. The monoisotopic (exact) mass is 227 g/mol. The predicted molar refractivity (Wildman–Crippen MR) is 57.0 cm³/mol. The summed E-state index contributed by atoms with van der Waals surface area (Å²) < 4.78 is 26.7. The third-order valence-electron chi connectivity index (χ3n) is 3.24. The summed E-state index contributed by atoms with van der Waals surface area (Å²) in [5, 5.41) is 13.4. The Morgan fingerprint density at radius 2 is 2.19 bits per heavy atom. The lowest BCUT2D eigenvalue weighted by Crippen LogP contribution is -2.43. The molecule has 1 aromatic rings. The van der Waals surface area contributed by atoms with Crippen LogP contribution < -0.4 is 5.32 Å². The number of rotatable bonds is 2. The van der Waals surface area contributed by atoms with Gasteiger partial charge < -0.3 is 10.4 Å². The van der Waals surface area contributed by atoms with E-state index in [4.69, 9.17) is 0 Å². The molecule has 1 heterocycles. The molecule has 88 valence electrons. The second-order valence-electron chi connectivity index (χ2n) is 4.40. The molecule has 1 aliphatic heterocycles. The molecule has 2 nitrogen and oxygen atoms in total. The van der Waals surface area contributed by atoms with Crippen LogP contribution in [0.3, 0.4) is 0 Å². The van der Waals surface area contributed by atoms with Crippen LogP contribution in [0.1, 0.15) is 25.3 Å². The van der Waals surface area contributed by atoms with Gasteiger partial charge in [0.2, 0.25) is 0 Å². The van der Waals surface area contributed by atoms with Crippen molar-refractivity contribution in [1.29, 1.82) is 0 Å². The fraction of sp³-hybridized carbons (Fsp3) is 0.500. The topological polar surface area (TPSA) is 32.3 Å². The normalized spacial score (nSPS) is 24.4. The van der Waals surface area contributed by atoms with E-state index in [0.717, 1.165) is 25.5 Å². The van der Waals surface area contributed by atoms with E-state index in [1.165, 1.54) is 19.1 Å². The van der Waals surface area contributed by atoms with Crippen molar-refractivity contribution in [3.63, 3.8) is 0 Å². The zero-order valence-electron chi connectivity index (χ0n) is 9.13. The van der Waals surface area contributed by atoms with Gasteiger partial charge in [0, 0.05) is 11.6 Å². The summed E-state index contributed by atoms with van der Waals surface area (Å²) in [6.45, 7) is 2.32. The van der Waals surface area contributed by atoms with Gasteiger partial charge in [0.1, 0.15) is 5.60 Å². The first-order chi connectivity index (χ1) is 7.53. The molecule has 0 radical (unpaired) electrons. The van der Waals surface area contributed by atoms with Gasteiger partial charge in [-0.1, -0.05) is 12.1 Å². The number of hydrogen-bond acceptors (Lipinski definition) is 2. The van der Waals surface area contributed by atoms with Gasteiger partial charge in [0.25, 0.3) is 0 Å². The first-order valence-electron chi connectivity index (χ1n) is 5.43. The molecule has 0 amide bonds. The maximum absolute atomic E-state index is 13.6. The van der Waals surface area contributed by atoms with E-state index in [9.17, 15) is 13.9 Å². The third-order valence-corrected chi connectivity index (χ3v) is 3.24. The van der Waals surface area contributed by atoms with Crippen molar-refractivity contribution in [1.82, 2.24) is 5.32 Å². The van der Waals surface area contributed by atoms with Crippen LogP contribution in [-0.4, -0.2) is 17.7 Å². The highest BCUT2D eigenvalue weighted by Gasteiger charge is 2.37. The second kappa shape index (κ2) is 4.11. The molecular formula is C12H15F2NO. The van der Waals surface area contributed by atoms with Crippen molar-refractivity contribution >= 4 is 0 Å². The predicted octanol–water partition coefficient (Wildman–Crippen LogP) is 1.92. The minimum absolute atomic E-state index is 0.0203. The van der Waals surface area contributed by atoms with Crippen molar-refractivity contribution in [3.05, 3.63) is 35.4 Å². The number of benzene rings is 1. The summed E-state index contributed by atoms with van der Waals surface area (Å²) in [5.74, 6) is -1.88. The molecule has 0 saturated carbocycles. The maximum Gasteiger partial charge on any atom is 0.164 e. The molecule has 2 atom stereocenters. The van der Waals surface area contributed by atoms with Gasteiger partial charge in [-0.05, 0) is 32.4 Å². The van der Waals surface area contributed by atoms with Gasteiger partial charge in [-0.15, -0.1) is 0 Å². The molecule has 0 spiro atoms. The van der Waals surface area contributed by atoms with E-state index in [2.05, 4.69) is 5.32 Å². The number of hydrogen-bond donors (Lipinski definition) is 2. The average molecular weight is 227 g/mol. The Balaban J connectivity index is 2.38. The molecule has 1 aromatic carbocycles. The van der Waals surface area contributed by atoms with E-state index < -0.39 is 17.2 Å². The van der Waals surface area contributed by atoms with Gasteiger partial charge in [-0.3, -0.25) is 0 Å². The summed E-state index contributed by atoms with van der Waals surface area (Å²) in [6, 6.07) is 3.68. The van der Waals surface area contributed by atoms with E-state index in [1.807, 2.05) is 0 Å². The number of nitrogens with one attached hydrogen (secondary N) is 1. The number of aliphatic hydroxyl groups is 1. The summed E-state index contributed by atoms with van der Waals surface area (Å²) in [7, 11) is 0. The average Bonchev–Trinajstić information content (AvgIpc) is 2.75. The van der Waals surface area contributed by atoms with E-state index in [1.54, 1.807) is 0 Å². The van der Waals surface area contributed by atoms with Crippen molar-refractivity contribution in [2.75, 3.05) is 6.54 Å². The van der Waals surface area contributed by atoms with Gasteiger partial charge in [-0.2, -0.15) is 0 Å². The highest BCUT2D eigenvalue weighted by molar-refractivity contribution is 5.27. The second-order valence-corrected chi connectivity index (χ2v) is 4.40. The molecule has 0 aromatic heterocycles. The van der Waals surface area contributed by atoms with Gasteiger partial charge in [0.05, 0.1) is 0 Å². The van der Waals surface area contributed by atoms with Crippen LogP contribution in [0.2, 0.25) is 0 Å². The minimum atomic E-state index is -1.37. The van der Waals surface area contributed by atoms with Crippen molar-refractivity contribution in [2.45, 2.75) is 31.4 Å². The van der Waals surface area contributed by atoms with Crippen LogP contribution in [0.25, 0.3) is 0 Å². The molecule has 4 heteroatoms. The Morgan fingerprint density at radius 1 is 1.44 bits per heavy atom. The minimum Gasteiger partial charge on any atom is -0.384 e. The zero-order valence-corrected chi connectivity index (χ0v) is 9.13. The van der Waals surface area contributed by atoms with Crippen LogP contribution >= 0.6 is 0 Å². The lowest BCUT2D eigenvalue weighted by Gasteiger charge is -2.31. The zero-order chi connectivity index (χ0) is 11.8. The first kappa shape index (κ1) is 11.5. The highest BCUT2D eigenvalue weighted by Crippen LogP contribution is 2.31. The Hall–Kier alpha value is -1.00. The molecule has 2 rings (SSSR count). The van der Waals surface area contributed by atoms with E-state index in [-0.39, 0.29) is 11.6 Å². The lowest BCUT2D eigenvalue weighted by molar-refractivity contribution is 0.0179. The molecule has 2 N–H and O–H groups in total. The van der Waals surface area contributed by atoms with Crippen LogP contribution in [0.4, 0.5) is 8.78 Å². The van der Waals surface area contributed by atoms with Gasteiger partial charge in [-0.25, -0.2) is 8.78 Å². The fourth-order valence-electron chi connectivity index (χ4n) is 2.25. The summed E-state index contributed by atoms with van der Waals surface area (Å²) >= 11 is 0. The van der Waals surface area contributed by atoms with E-state index in [0.29, 0.717) is 0 Å². The van der Waals surface area contributed by atoms with E-state index >= 15 is 0 Å². The van der Waals surface area contributed by atoms with Crippen LogP contribution in [-0.2, 0) is 5.60 Å². The van der Waals surface area contributed by atoms with Crippen LogP contribution in [0.15, 0.2) is 18.2 Å².